The molecule has 0 aromatic heterocycles. The van der Waals surface area contributed by atoms with Gasteiger partial charge in [0.25, 0.3) is 0 Å². The lowest BCUT2D eigenvalue weighted by molar-refractivity contribution is -0.137. The van der Waals surface area contributed by atoms with E-state index in [1.807, 2.05) is 24.3 Å². The van der Waals surface area contributed by atoms with E-state index in [-0.39, 0.29) is 12.3 Å². The number of rotatable bonds is 4. The Labute approximate surface area is 98.6 Å². The molecule has 2 rings (SSSR count). The molecule has 5 heteroatoms. The zero-order chi connectivity index (χ0) is 12.5. The van der Waals surface area contributed by atoms with Crippen LogP contribution in [-0.4, -0.2) is 23.4 Å². The Kier molecular flexibility index (Phi) is 3.02. The normalized spacial score (nSPS) is 26.4. The predicted molar refractivity (Wildman–Crippen MR) is 62.6 cm³/mol. The number of nitrogens with two attached hydrogens (primary N) is 1. The molecule has 1 aliphatic rings. The first kappa shape index (κ1) is 11.9. The van der Waals surface area contributed by atoms with Gasteiger partial charge in [-0.15, -0.1) is 0 Å². The molecule has 1 heterocycles. The van der Waals surface area contributed by atoms with Crippen LogP contribution in [0.15, 0.2) is 24.3 Å². The van der Waals surface area contributed by atoms with Crippen molar-refractivity contribution in [1.29, 1.82) is 0 Å². The second-order valence-electron chi connectivity index (χ2n) is 4.37. The molecule has 0 radical (unpaired) electrons. The largest absolute Gasteiger partial charge is 0.481 e. The van der Waals surface area contributed by atoms with Crippen molar-refractivity contribution in [3.05, 3.63) is 29.8 Å². The highest BCUT2D eigenvalue weighted by Gasteiger charge is 2.42. The van der Waals surface area contributed by atoms with E-state index in [1.54, 1.807) is 0 Å². The lowest BCUT2D eigenvalue weighted by atomic mass is 9.87. The maximum atomic E-state index is 13.1. The summed E-state index contributed by atoms with van der Waals surface area (Å²) in [5, 5.41) is 11.7. The van der Waals surface area contributed by atoms with E-state index >= 15 is 0 Å². The second-order valence-corrected chi connectivity index (χ2v) is 4.37. The Balaban J connectivity index is 2.27. The molecule has 0 bridgehead atoms. The standard InChI is InChI=1S/C12H15FN2O2/c13-7-12(14)9(5-6-11(16)17)8-3-1-2-4-10(8)15-12/h1-4,9,15H,5-7,14H2,(H,16,17). The predicted octanol–water partition coefficient (Wildman–Crippen LogP) is 1.68. The van der Waals surface area contributed by atoms with E-state index in [0.29, 0.717) is 6.42 Å². The van der Waals surface area contributed by atoms with Gasteiger partial charge in [0.2, 0.25) is 0 Å². The molecule has 0 saturated carbocycles. The number of anilines is 1. The van der Waals surface area contributed by atoms with Crippen molar-refractivity contribution in [2.45, 2.75) is 24.4 Å². The molecular formula is C12H15FN2O2. The monoisotopic (exact) mass is 238 g/mol. The average molecular weight is 238 g/mol. The highest BCUT2D eigenvalue weighted by molar-refractivity contribution is 5.68. The molecule has 1 aromatic carbocycles. The molecule has 0 aliphatic carbocycles. The minimum Gasteiger partial charge on any atom is -0.481 e. The number of carboxylic acid groups (broad SMARTS) is 1. The third-order valence-corrected chi connectivity index (χ3v) is 3.19. The topological polar surface area (TPSA) is 75.3 Å². The van der Waals surface area contributed by atoms with Crippen LogP contribution in [0.2, 0.25) is 0 Å². The molecule has 0 spiro atoms. The maximum Gasteiger partial charge on any atom is 0.303 e. The number of hydrogen-bond donors (Lipinski definition) is 3. The third-order valence-electron chi connectivity index (χ3n) is 3.19. The fraction of sp³-hybridized carbons (Fsp3) is 0.417. The van der Waals surface area contributed by atoms with Crippen LogP contribution < -0.4 is 11.1 Å². The van der Waals surface area contributed by atoms with Gasteiger partial charge in [0, 0.05) is 18.0 Å². The summed E-state index contributed by atoms with van der Waals surface area (Å²) in [5.74, 6) is -1.20. The van der Waals surface area contributed by atoms with Crippen molar-refractivity contribution in [3.63, 3.8) is 0 Å². The molecule has 0 amide bonds. The van der Waals surface area contributed by atoms with Gasteiger partial charge in [-0.2, -0.15) is 0 Å². The summed E-state index contributed by atoms with van der Waals surface area (Å²) in [6.07, 6.45) is 0.319. The first-order chi connectivity index (χ1) is 8.07. The molecule has 4 N–H and O–H groups in total. The summed E-state index contributed by atoms with van der Waals surface area (Å²) in [5.41, 5.74) is 6.47. The second kappa shape index (κ2) is 4.33. The van der Waals surface area contributed by atoms with Crippen molar-refractivity contribution in [3.8, 4) is 0 Å². The number of para-hydroxylation sites is 1. The Morgan fingerprint density at radius 2 is 2.24 bits per heavy atom. The minimum atomic E-state index is -1.18. The molecule has 1 aromatic rings. The fourth-order valence-electron chi connectivity index (χ4n) is 2.34. The van der Waals surface area contributed by atoms with Crippen molar-refractivity contribution >= 4 is 11.7 Å². The molecule has 0 saturated heterocycles. The number of halogens is 1. The summed E-state index contributed by atoms with van der Waals surface area (Å²) in [6.45, 7) is -0.730. The Hall–Kier alpha value is -1.62. The minimum absolute atomic E-state index is 0.0143. The SMILES string of the molecule is NC1(CF)Nc2ccccc2C1CCC(=O)O. The van der Waals surface area contributed by atoms with E-state index < -0.39 is 18.3 Å². The molecule has 2 unspecified atom stereocenters. The molecule has 4 nitrogen and oxygen atoms in total. The van der Waals surface area contributed by atoms with Crippen molar-refractivity contribution in [2.75, 3.05) is 12.0 Å². The molecular weight excluding hydrogens is 223 g/mol. The number of carbonyl (C=O) groups is 1. The van der Waals surface area contributed by atoms with Gasteiger partial charge in [-0.1, -0.05) is 18.2 Å². The van der Waals surface area contributed by atoms with Gasteiger partial charge in [-0.3, -0.25) is 4.79 Å². The fourth-order valence-corrected chi connectivity index (χ4v) is 2.34. The van der Waals surface area contributed by atoms with E-state index in [1.165, 1.54) is 0 Å². The lowest BCUT2D eigenvalue weighted by Crippen LogP contribution is -2.51. The van der Waals surface area contributed by atoms with Crippen LogP contribution in [0.25, 0.3) is 0 Å². The maximum absolute atomic E-state index is 13.1. The van der Waals surface area contributed by atoms with Crippen molar-refractivity contribution in [1.82, 2.24) is 0 Å². The summed E-state index contributed by atoms with van der Waals surface area (Å²) in [4.78, 5) is 10.6. The number of benzene rings is 1. The number of alkyl halides is 1. The summed E-state index contributed by atoms with van der Waals surface area (Å²) >= 11 is 0. The highest BCUT2D eigenvalue weighted by atomic mass is 19.1. The Morgan fingerprint density at radius 3 is 2.88 bits per heavy atom. The summed E-state index contributed by atoms with van der Waals surface area (Å²) in [7, 11) is 0. The summed E-state index contributed by atoms with van der Waals surface area (Å²) < 4.78 is 13.1. The van der Waals surface area contributed by atoms with E-state index in [4.69, 9.17) is 10.8 Å². The Morgan fingerprint density at radius 1 is 1.53 bits per heavy atom. The van der Waals surface area contributed by atoms with Crippen LogP contribution in [-0.2, 0) is 4.79 Å². The number of carboxylic acids is 1. The van der Waals surface area contributed by atoms with Crippen LogP contribution >= 0.6 is 0 Å². The Bertz CT molecular complexity index is 438. The van der Waals surface area contributed by atoms with E-state index in [9.17, 15) is 9.18 Å². The molecule has 0 fully saturated rings. The van der Waals surface area contributed by atoms with Crippen LogP contribution in [0, 0.1) is 0 Å². The quantitative estimate of drug-likeness (QED) is 0.746. The zero-order valence-electron chi connectivity index (χ0n) is 9.32. The molecule has 1 aliphatic heterocycles. The highest BCUT2D eigenvalue weighted by Crippen LogP contribution is 2.42. The molecule has 92 valence electrons. The van der Waals surface area contributed by atoms with Gasteiger partial charge in [0.05, 0.1) is 0 Å². The van der Waals surface area contributed by atoms with Crippen molar-refractivity contribution < 1.29 is 14.3 Å². The average Bonchev–Trinajstić information content (AvgIpc) is 2.59. The van der Waals surface area contributed by atoms with Gasteiger partial charge < -0.3 is 16.2 Å². The van der Waals surface area contributed by atoms with Gasteiger partial charge in [-0.25, -0.2) is 4.39 Å². The third kappa shape index (κ3) is 2.10. The number of aliphatic carboxylic acids is 1. The van der Waals surface area contributed by atoms with E-state index in [0.717, 1.165) is 11.3 Å². The van der Waals surface area contributed by atoms with Gasteiger partial charge >= 0.3 is 5.97 Å². The van der Waals surface area contributed by atoms with Gasteiger partial charge in [0.15, 0.2) is 0 Å². The summed E-state index contributed by atoms with van der Waals surface area (Å²) in [6, 6.07) is 7.37. The van der Waals surface area contributed by atoms with Crippen LogP contribution in [0.4, 0.5) is 10.1 Å². The van der Waals surface area contributed by atoms with Crippen molar-refractivity contribution in [2.24, 2.45) is 5.73 Å². The molecule has 17 heavy (non-hydrogen) atoms. The number of fused-ring (bicyclic) bond motifs is 1. The first-order valence-electron chi connectivity index (χ1n) is 5.50. The van der Waals surface area contributed by atoms with Crippen LogP contribution in [0.3, 0.4) is 0 Å². The van der Waals surface area contributed by atoms with Crippen LogP contribution in [0.5, 0.6) is 0 Å². The smallest absolute Gasteiger partial charge is 0.303 e. The lowest BCUT2D eigenvalue weighted by Gasteiger charge is -2.28. The first-order valence-corrected chi connectivity index (χ1v) is 5.50. The molecule has 2 atom stereocenters. The van der Waals surface area contributed by atoms with Crippen LogP contribution in [0.1, 0.15) is 24.3 Å². The number of nitrogens with one attached hydrogen (secondary N) is 1. The van der Waals surface area contributed by atoms with Gasteiger partial charge in [-0.05, 0) is 18.1 Å². The van der Waals surface area contributed by atoms with E-state index in [2.05, 4.69) is 5.32 Å². The zero-order valence-corrected chi connectivity index (χ0v) is 9.32. The van der Waals surface area contributed by atoms with Gasteiger partial charge in [0.1, 0.15) is 12.3 Å². The number of hydrogen-bond acceptors (Lipinski definition) is 3.